The molecule has 1 aliphatic rings. The first kappa shape index (κ1) is 22.4. The maximum absolute atomic E-state index is 12.6. The number of ether oxygens (including phenoxy) is 1. The Morgan fingerprint density at radius 3 is 2.45 bits per heavy atom. The molecule has 31 heavy (non-hydrogen) atoms. The molecule has 1 fully saturated rings. The van der Waals surface area contributed by atoms with Crippen molar-refractivity contribution in [1.29, 1.82) is 0 Å². The Balaban J connectivity index is 1.51. The van der Waals surface area contributed by atoms with Gasteiger partial charge in [-0.15, -0.1) is 0 Å². The molecule has 0 aliphatic carbocycles. The van der Waals surface area contributed by atoms with E-state index in [-0.39, 0.29) is 18.4 Å². The summed E-state index contributed by atoms with van der Waals surface area (Å²) in [6.07, 6.45) is 2.10. The molecule has 1 heterocycles. The SMILES string of the molecule is C=C(C)COc1ccccc1NCC(=O)Nc1ccc(C(=O)N2CCC(C)CC2)cc1. The lowest BCUT2D eigenvalue weighted by molar-refractivity contribution is -0.114. The van der Waals surface area contributed by atoms with E-state index in [0.717, 1.165) is 37.2 Å². The molecule has 164 valence electrons. The van der Waals surface area contributed by atoms with Gasteiger partial charge < -0.3 is 20.3 Å². The van der Waals surface area contributed by atoms with Crippen LogP contribution in [0.1, 0.15) is 37.0 Å². The summed E-state index contributed by atoms with van der Waals surface area (Å²) >= 11 is 0. The van der Waals surface area contributed by atoms with Crippen molar-refractivity contribution in [3.05, 3.63) is 66.2 Å². The molecule has 2 aromatic rings. The smallest absolute Gasteiger partial charge is 0.253 e. The zero-order valence-electron chi connectivity index (χ0n) is 18.3. The number of rotatable bonds is 8. The lowest BCUT2D eigenvalue weighted by Gasteiger charge is -2.30. The van der Waals surface area contributed by atoms with Crippen LogP contribution in [0.3, 0.4) is 0 Å². The second-order valence-corrected chi connectivity index (χ2v) is 8.20. The van der Waals surface area contributed by atoms with Gasteiger partial charge in [0.25, 0.3) is 5.91 Å². The van der Waals surface area contributed by atoms with Crippen LogP contribution in [0, 0.1) is 5.92 Å². The zero-order valence-corrected chi connectivity index (χ0v) is 18.3. The fraction of sp³-hybridized carbons (Fsp3) is 0.360. The number of nitrogens with zero attached hydrogens (tertiary/aromatic N) is 1. The average molecular weight is 422 g/mol. The van der Waals surface area contributed by atoms with E-state index in [9.17, 15) is 9.59 Å². The third-order valence-corrected chi connectivity index (χ3v) is 5.29. The van der Waals surface area contributed by atoms with Crippen molar-refractivity contribution in [2.45, 2.75) is 26.7 Å². The van der Waals surface area contributed by atoms with Gasteiger partial charge in [0.1, 0.15) is 12.4 Å². The second kappa shape index (κ2) is 10.7. The van der Waals surface area contributed by atoms with Gasteiger partial charge in [-0.3, -0.25) is 9.59 Å². The van der Waals surface area contributed by atoms with Gasteiger partial charge in [-0.2, -0.15) is 0 Å². The van der Waals surface area contributed by atoms with Gasteiger partial charge in [-0.1, -0.05) is 25.6 Å². The van der Waals surface area contributed by atoms with Gasteiger partial charge in [0.15, 0.2) is 0 Å². The number of amides is 2. The number of para-hydroxylation sites is 2. The minimum Gasteiger partial charge on any atom is -0.487 e. The average Bonchev–Trinajstić information content (AvgIpc) is 2.77. The highest BCUT2D eigenvalue weighted by atomic mass is 16.5. The number of nitrogens with one attached hydrogen (secondary N) is 2. The van der Waals surface area contributed by atoms with Crippen LogP contribution in [0.15, 0.2) is 60.7 Å². The fourth-order valence-electron chi connectivity index (χ4n) is 3.41. The highest BCUT2D eigenvalue weighted by Crippen LogP contribution is 2.24. The van der Waals surface area contributed by atoms with E-state index in [1.807, 2.05) is 36.1 Å². The molecule has 1 aliphatic heterocycles. The predicted octanol–water partition coefficient (Wildman–Crippen LogP) is 4.56. The third-order valence-electron chi connectivity index (χ3n) is 5.29. The van der Waals surface area contributed by atoms with Gasteiger partial charge >= 0.3 is 0 Å². The van der Waals surface area contributed by atoms with Crippen molar-refractivity contribution in [1.82, 2.24) is 4.90 Å². The van der Waals surface area contributed by atoms with Crippen LogP contribution in [0.25, 0.3) is 0 Å². The Morgan fingerprint density at radius 2 is 1.77 bits per heavy atom. The lowest BCUT2D eigenvalue weighted by atomic mass is 9.98. The minimum atomic E-state index is -0.182. The lowest BCUT2D eigenvalue weighted by Crippen LogP contribution is -2.37. The van der Waals surface area contributed by atoms with Gasteiger partial charge in [-0.25, -0.2) is 0 Å². The number of anilines is 2. The van der Waals surface area contributed by atoms with Crippen molar-refractivity contribution >= 4 is 23.2 Å². The maximum atomic E-state index is 12.6. The number of piperidine rings is 1. The van der Waals surface area contributed by atoms with E-state index in [1.54, 1.807) is 24.3 Å². The topological polar surface area (TPSA) is 70.7 Å². The maximum Gasteiger partial charge on any atom is 0.253 e. The molecule has 2 N–H and O–H groups in total. The van der Waals surface area contributed by atoms with Crippen LogP contribution in [0.5, 0.6) is 5.75 Å². The minimum absolute atomic E-state index is 0.0535. The highest BCUT2D eigenvalue weighted by molar-refractivity contribution is 5.96. The number of likely N-dealkylation sites (tertiary alicyclic amines) is 1. The van der Waals surface area contributed by atoms with Crippen molar-refractivity contribution < 1.29 is 14.3 Å². The van der Waals surface area contributed by atoms with E-state index in [2.05, 4.69) is 24.1 Å². The molecule has 2 amide bonds. The van der Waals surface area contributed by atoms with E-state index >= 15 is 0 Å². The fourth-order valence-corrected chi connectivity index (χ4v) is 3.41. The molecule has 0 radical (unpaired) electrons. The number of benzene rings is 2. The van der Waals surface area contributed by atoms with Crippen molar-refractivity contribution in [2.75, 3.05) is 36.9 Å². The highest BCUT2D eigenvalue weighted by Gasteiger charge is 2.21. The molecular weight excluding hydrogens is 390 g/mol. The van der Waals surface area contributed by atoms with E-state index in [4.69, 9.17) is 4.74 Å². The first-order valence-electron chi connectivity index (χ1n) is 10.7. The molecule has 0 atom stereocenters. The summed E-state index contributed by atoms with van der Waals surface area (Å²) in [5, 5.41) is 5.96. The van der Waals surface area contributed by atoms with Gasteiger partial charge in [0.2, 0.25) is 5.91 Å². The molecule has 6 nitrogen and oxygen atoms in total. The first-order chi connectivity index (χ1) is 14.9. The van der Waals surface area contributed by atoms with Crippen LogP contribution in [0.2, 0.25) is 0 Å². The summed E-state index contributed by atoms with van der Waals surface area (Å²) in [5.41, 5.74) is 2.97. The standard InChI is InChI=1S/C25H31N3O3/c1-18(2)17-31-23-7-5-4-6-22(23)26-16-24(29)27-21-10-8-20(9-11-21)25(30)28-14-12-19(3)13-15-28/h4-11,19,26H,1,12-17H2,2-3H3,(H,27,29). The largest absolute Gasteiger partial charge is 0.487 e. The molecule has 3 rings (SSSR count). The van der Waals surface area contributed by atoms with E-state index in [1.165, 1.54) is 0 Å². The zero-order chi connectivity index (χ0) is 22.2. The number of hydrogen-bond donors (Lipinski definition) is 2. The summed E-state index contributed by atoms with van der Waals surface area (Å²) in [4.78, 5) is 26.9. The Hall–Kier alpha value is -3.28. The number of carbonyl (C=O) groups is 2. The number of hydrogen-bond acceptors (Lipinski definition) is 4. The Kier molecular flexibility index (Phi) is 7.70. The van der Waals surface area contributed by atoms with Gasteiger partial charge in [0.05, 0.1) is 12.2 Å². The monoisotopic (exact) mass is 421 g/mol. The molecule has 0 saturated carbocycles. The molecule has 0 aromatic heterocycles. The van der Waals surface area contributed by atoms with Crippen LogP contribution in [-0.2, 0) is 4.79 Å². The molecule has 0 bridgehead atoms. The van der Waals surface area contributed by atoms with Crippen LogP contribution >= 0.6 is 0 Å². The molecule has 0 unspecified atom stereocenters. The quantitative estimate of drug-likeness (QED) is 0.613. The number of carbonyl (C=O) groups excluding carboxylic acids is 2. The molecule has 2 aromatic carbocycles. The van der Waals surface area contributed by atoms with Crippen molar-refractivity contribution in [3.63, 3.8) is 0 Å². The summed E-state index contributed by atoms with van der Waals surface area (Å²) < 4.78 is 5.71. The Morgan fingerprint density at radius 1 is 1.10 bits per heavy atom. The van der Waals surface area contributed by atoms with Crippen LogP contribution in [0.4, 0.5) is 11.4 Å². The normalized spacial score (nSPS) is 14.1. The summed E-state index contributed by atoms with van der Waals surface area (Å²) in [5.74, 6) is 1.23. The summed E-state index contributed by atoms with van der Waals surface area (Å²) in [6, 6.07) is 14.5. The van der Waals surface area contributed by atoms with Gasteiger partial charge in [-0.05, 0) is 67.7 Å². The van der Waals surface area contributed by atoms with Crippen molar-refractivity contribution in [3.8, 4) is 5.75 Å². The molecular formula is C25H31N3O3. The Bertz CT molecular complexity index is 916. The van der Waals surface area contributed by atoms with Crippen LogP contribution < -0.4 is 15.4 Å². The summed E-state index contributed by atoms with van der Waals surface area (Å²) in [7, 11) is 0. The van der Waals surface area contributed by atoms with Crippen molar-refractivity contribution in [2.24, 2.45) is 5.92 Å². The first-order valence-corrected chi connectivity index (χ1v) is 10.7. The van der Waals surface area contributed by atoms with Crippen LogP contribution in [-0.4, -0.2) is 43.0 Å². The Labute approximate surface area is 184 Å². The van der Waals surface area contributed by atoms with E-state index < -0.39 is 0 Å². The second-order valence-electron chi connectivity index (χ2n) is 8.20. The van der Waals surface area contributed by atoms with E-state index in [0.29, 0.717) is 29.5 Å². The van der Waals surface area contributed by atoms with Gasteiger partial charge in [0, 0.05) is 24.3 Å². The molecule has 1 saturated heterocycles. The summed E-state index contributed by atoms with van der Waals surface area (Å²) in [6.45, 7) is 10.1. The third kappa shape index (κ3) is 6.60. The predicted molar refractivity (Wildman–Crippen MR) is 125 cm³/mol. The molecule has 6 heteroatoms. The molecule has 0 spiro atoms.